The molecular weight excluding hydrogens is 200 g/mol. The van der Waals surface area contributed by atoms with Crippen molar-refractivity contribution in [2.45, 2.75) is 19.3 Å². The first-order valence-electron chi connectivity index (χ1n) is 4.86. The lowest BCUT2D eigenvalue weighted by molar-refractivity contribution is -0.139. The molecular formula is C9H14N2O4. The number of carbonyl (C=O) groups excluding carboxylic acids is 2. The Labute approximate surface area is 87.2 Å². The number of hydrogen-bond donors (Lipinski definition) is 2. The van der Waals surface area contributed by atoms with Gasteiger partial charge >= 0.3 is 5.97 Å². The van der Waals surface area contributed by atoms with E-state index in [1.165, 1.54) is 4.90 Å². The maximum Gasteiger partial charge on any atom is 0.303 e. The van der Waals surface area contributed by atoms with E-state index in [2.05, 4.69) is 5.32 Å². The number of piperazine rings is 1. The summed E-state index contributed by atoms with van der Waals surface area (Å²) in [6.07, 6.45) is 0.512. The fourth-order valence-electron chi connectivity index (χ4n) is 1.40. The van der Waals surface area contributed by atoms with Gasteiger partial charge in [0.1, 0.15) is 0 Å². The Balaban J connectivity index is 2.27. The molecule has 2 amide bonds. The predicted molar refractivity (Wildman–Crippen MR) is 51.1 cm³/mol. The van der Waals surface area contributed by atoms with Gasteiger partial charge in [-0.15, -0.1) is 0 Å². The quantitative estimate of drug-likeness (QED) is 0.641. The summed E-state index contributed by atoms with van der Waals surface area (Å²) in [6, 6.07) is 0. The zero-order chi connectivity index (χ0) is 11.3. The van der Waals surface area contributed by atoms with Crippen molar-refractivity contribution >= 4 is 17.8 Å². The molecule has 2 N–H and O–H groups in total. The Morgan fingerprint density at radius 1 is 1.40 bits per heavy atom. The molecule has 0 aromatic heterocycles. The van der Waals surface area contributed by atoms with Crippen molar-refractivity contribution in [3.8, 4) is 0 Å². The van der Waals surface area contributed by atoms with Crippen LogP contribution in [0.5, 0.6) is 0 Å². The Morgan fingerprint density at radius 2 is 2.13 bits per heavy atom. The van der Waals surface area contributed by atoms with Crippen LogP contribution >= 0.6 is 0 Å². The number of carboxylic acids is 1. The molecule has 0 aromatic rings. The van der Waals surface area contributed by atoms with Crippen LogP contribution in [0, 0.1) is 0 Å². The van der Waals surface area contributed by atoms with E-state index >= 15 is 0 Å². The number of hydrogen-bond acceptors (Lipinski definition) is 3. The molecule has 0 aliphatic carbocycles. The van der Waals surface area contributed by atoms with Crippen LogP contribution in [0.2, 0.25) is 0 Å². The minimum atomic E-state index is -0.904. The Hall–Kier alpha value is -1.59. The number of aliphatic carboxylic acids is 1. The molecule has 0 unspecified atom stereocenters. The first kappa shape index (κ1) is 11.5. The summed E-state index contributed by atoms with van der Waals surface area (Å²) in [6.45, 7) is 1.08. The van der Waals surface area contributed by atoms with Gasteiger partial charge in [0.15, 0.2) is 0 Å². The maximum atomic E-state index is 11.5. The zero-order valence-electron chi connectivity index (χ0n) is 8.36. The lowest BCUT2D eigenvalue weighted by atomic mass is 10.2. The Kier molecular flexibility index (Phi) is 4.08. The van der Waals surface area contributed by atoms with E-state index in [0.717, 1.165) is 0 Å². The summed E-state index contributed by atoms with van der Waals surface area (Å²) in [7, 11) is 0. The summed E-state index contributed by atoms with van der Waals surface area (Å²) in [5.41, 5.74) is 0. The van der Waals surface area contributed by atoms with Gasteiger partial charge in [-0.25, -0.2) is 0 Å². The molecule has 15 heavy (non-hydrogen) atoms. The SMILES string of the molecule is O=C(O)CCCC(=O)N1CCNC(=O)C1. The van der Waals surface area contributed by atoms with Gasteiger partial charge in [0.05, 0.1) is 6.54 Å². The number of nitrogens with zero attached hydrogens (tertiary/aromatic N) is 1. The summed E-state index contributed by atoms with van der Waals surface area (Å²) in [5.74, 6) is -1.21. The van der Waals surface area contributed by atoms with Crippen molar-refractivity contribution in [1.82, 2.24) is 10.2 Å². The topological polar surface area (TPSA) is 86.7 Å². The van der Waals surface area contributed by atoms with Crippen molar-refractivity contribution in [3.05, 3.63) is 0 Å². The Bertz CT molecular complexity index is 277. The first-order chi connectivity index (χ1) is 7.09. The molecule has 0 aromatic carbocycles. The van der Waals surface area contributed by atoms with Gasteiger partial charge in [-0.3, -0.25) is 14.4 Å². The summed E-state index contributed by atoms with van der Waals surface area (Å²) >= 11 is 0. The number of carbonyl (C=O) groups is 3. The van der Waals surface area contributed by atoms with E-state index in [0.29, 0.717) is 19.5 Å². The molecule has 0 atom stereocenters. The average molecular weight is 214 g/mol. The molecule has 1 aliphatic heterocycles. The molecule has 6 nitrogen and oxygen atoms in total. The highest BCUT2D eigenvalue weighted by Crippen LogP contribution is 2.02. The third kappa shape index (κ3) is 3.97. The Morgan fingerprint density at radius 3 is 2.73 bits per heavy atom. The van der Waals surface area contributed by atoms with Crippen LogP contribution in [-0.4, -0.2) is 47.4 Å². The van der Waals surface area contributed by atoms with Crippen LogP contribution in [-0.2, 0) is 14.4 Å². The van der Waals surface area contributed by atoms with E-state index in [1.54, 1.807) is 0 Å². The van der Waals surface area contributed by atoms with Crippen LogP contribution in [0.25, 0.3) is 0 Å². The van der Waals surface area contributed by atoms with Gasteiger partial charge in [-0.05, 0) is 6.42 Å². The number of rotatable bonds is 4. The summed E-state index contributed by atoms with van der Waals surface area (Å²) in [5, 5.41) is 11.0. The summed E-state index contributed by atoms with van der Waals surface area (Å²) in [4.78, 5) is 34.1. The smallest absolute Gasteiger partial charge is 0.303 e. The fraction of sp³-hybridized carbons (Fsp3) is 0.667. The highest BCUT2D eigenvalue weighted by Gasteiger charge is 2.20. The number of nitrogens with one attached hydrogen (secondary N) is 1. The van der Waals surface area contributed by atoms with E-state index < -0.39 is 5.97 Å². The first-order valence-corrected chi connectivity index (χ1v) is 4.86. The molecule has 1 heterocycles. The molecule has 0 saturated carbocycles. The number of carboxylic acid groups (broad SMARTS) is 1. The average Bonchev–Trinajstić information content (AvgIpc) is 2.17. The minimum absolute atomic E-state index is 0.00816. The maximum absolute atomic E-state index is 11.5. The van der Waals surface area contributed by atoms with Crippen LogP contribution in [0.15, 0.2) is 0 Å². The molecule has 1 saturated heterocycles. The largest absolute Gasteiger partial charge is 0.481 e. The highest BCUT2D eigenvalue weighted by molar-refractivity contribution is 5.86. The van der Waals surface area contributed by atoms with Gasteiger partial charge in [-0.1, -0.05) is 0 Å². The molecule has 84 valence electrons. The van der Waals surface area contributed by atoms with Crippen molar-refractivity contribution < 1.29 is 19.5 Å². The van der Waals surface area contributed by atoms with Gasteiger partial charge in [0.25, 0.3) is 0 Å². The predicted octanol–water partition coefficient (Wildman–Crippen LogP) is -0.800. The molecule has 1 aliphatic rings. The molecule has 1 rings (SSSR count). The van der Waals surface area contributed by atoms with Crippen LogP contribution < -0.4 is 5.32 Å². The van der Waals surface area contributed by atoms with Gasteiger partial charge in [0, 0.05) is 25.9 Å². The van der Waals surface area contributed by atoms with Crippen molar-refractivity contribution in [1.29, 1.82) is 0 Å². The van der Waals surface area contributed by atoms with Crippen molar-refractivity contribution in [2.75, 3.05) is 19.6 Å². The van der Waals surface area contributed by atoms with E-state index in [1.807, 2.05) is 0 Å². The van der Waals surface area contributed by atoms with Gasteiger partial charge < -0.3 is 15.3 Å². The van der Waals surface area contributed by atoms with E-state index in [9.17, 15) is 14.4 Å². The third-order valence-corrected chi connectivity index (χ3v) is 2.17. The number of amides is 2. The zero-order valence-corrected chi connectivity index (χ0v) is 8.36. The minimum Gasteiger partial charge on any atom is -0.481 e. The second kappa shape index (κ2) is 5.33. The van der Waals surface area contributed by atoms with Crippen molar-refractivity contribution in [2.24, 2.45) is 0 Å². The molecule has 0 radical (unpaired) electrons. The standard InChI is InChI=1S/C9H14N2O4/c12-7-6-11(5-4-10-7)8(13)2-1-3-9(14)15/h1-6H2,(H,10,12)(H,14,15). The summed E-state index contributed by atoms with van der Waals surface area (Å²) < 4.78 is 0. The van der Waals surface area contributed by atoms with Crippen molar-refractivity contribution in [3.63, 3.8) is 0 Å². The molecule has 0 bridgehead atoms. The molecule has 0 spiro atoms. The second-order valence-electron chi connectivity index (χ2n) is 3.41. The lowest BCUT2D eigenvalue weighted by Gasteiger charge is -2.26. The van der Waals surface area contributed by atoms with Gasteiger partial charge in [0.2, 0.25) is 11.8 Å². The van der Waals surface area contributed by atoms with Gasteiger partial charge in [-0.2, -0.15) is 0 Å². The monoisotopic (exact) mass is 214 g/mol. The highest BCUT2D eigenvalue weighted by atomic mass is 16.4. The van der Waals surface area contributed by atoms with E-state index in [4.69, 9.17) is 5.11 Å². The lowest BCUT2D eigenvalue weighted by Crippen LogP contribution is -2.49. The second-order valence-corrected chi connectivity index (χ2v) is 3.41. The van der Waals surface area contributed by atoms with Crippen LogP contribution in [0.1, 0.15) is 19.3 Å². The fourth-order valence-corrected chi connectivity index (χ4v) is 1.40. The normalized spacial score (nSPS) is 16.0. The van der Waals surface area contributed by atoms with Crippen LogP contribution in [0.4, 0.5) is 0 Å². The van der Waals surface area contributed by atoms with E-state index in [-0.39, 0.29) is 31.2 Å². The third-order valence-electron chi connectivity index (χ3n) is 2.17. The van der Waals surface area contributed by atoms with Crippen LogP contribution in [0.3, 0.4) is 0 Å². The molecule has 6 heteroatoms. The molecule has 1 fully saturated rings.